The van der Waals surface area contributed by atoms with E-state index < -0.39 is 0 Å². The second-order valence-electron chi connectivity index (χ2n) is 2.82. The van der Waals surface area contributed by atoms with E-state index in [1.807, 2.05) is 25.2 Å². The second-order valence-corrected chi connectivity index (χ2v) is 2.82. The Bertz CT molecular complexity index is 413. The number of anilines is 1. The van der Waals surface area contributed by atoms with E-state index in [0.717, 1.165) is 11.4 Å². The molecule has 2 heterocycles. The van der Waals surface area contributed by atoms with Crippen molar-refractivity contribution in [1.29, 1.82) is 0 Å². The fourth-order valence-corrected chi connectivity index (χ4v) is 1.21. The van der Waals surface area contributed by atoms with Crippen LogP contribution in [0.25, 0.3) is 11.4 Å². The Labute approximate surface area is 100 Å². The Balaban J connectivity index is 0.000000980. The summed E-state index contributed by atoms with van der Waals surface area (Å²) in [6.45, 7) is 0. The zero-order valence-electron chi connectivity index (χ0n) is 8.12. The molecule has 4 nitrogen and oxygen atoms in total. The molecular formula is C9H12Cl2N4. The maximum Gasteiger partial charge on any atom is 0.134 e. The molecule has 0 spiro atoms. The van der Waals surface area contributed by atoms with Crippen LogP contribution in [0.5, 0.6) is 0 Å². The highest BCUT2D eigenvalue weighted by molar-refractivity contribution is 5.85. The molecule has 0 bridgehead atoms. The summed E-state index contributed by atoms with van der Waals surface area (Å²) in [5, 5.41) is 4.21. The highest BCUT2D eigenvalue weighted by Crippen LogP contribution is 2.20. The van der Waals surface area contributed by atoms with E-state index in [2.05, 4.69) is 10.1 Å². The van der Waals surface area contributed by atoms with Crippen molar-refractivity contribution in [1.82, 2.24) is 14.8 Å². The van der Waals surface area contributed by atoms with Gasteiger partial charge in [-0.05, 0) is 12.1 Å². The van der Waals surface area contributed by atoms with Gasteiger partial charge in [-0.25, -0.2) is 0 Å². The van der Waals surface area contributed by atoms with Gasteiger partial charge in [0.2, 0.25) is 0 Å². The van der Waals surface area contributed by atoms with Crippen molar-refractivity contribution in [2.75, 3.05) is 5.73 Å². The van der Waals surface area contributed by atoms with Crippen molar-refractivity contribution in [2.45, 2.75) is 0 Å². The molecule has 0 saturated heterocycles. The average Bonchev–Trinajstić information content (AvgIpc) is 2.47. The van der Waals surface area contributed by atoms with Gasteiger partial charge in [-0.3, -0.25) is 9.67 Å². The molecule has 0 amide bonds. The van der Waals surface area contributed by atoms with Gasteiger partial charge in [0, 0.05) is 19.4 Å². The number of aryl methyl sites for hydroxylation is 1. The molecular weight excluding hydrogens is 235 g/mol. The highest BCUT2D eigenvalue weighted by Gasteiger charge is 2.06. The van der Waals surface area contributed by atoms with Crippen LogP contribution in [-0.2, 0) is 7.05 Å². The van der Waals surface area contributed by atoms with Crippen LogP contribution in [0, 0.1) is 0 Å². The van der Waals surface area contributed by atoms with Gasteiger partial charge in [-0.15, -0.1) is 24.8 Å². The van der Waals surface area contributed by atoms with E-state index in [0.29, 0.717) is 5.69 Å². The van der Waals surface area contributed by atoms with E-state index in [1.54, 1.807) is 17.1 Å². The first-order chi connectivity index (χ1) is 6.27. The summed E-state index contributed by atoms with van der Waals surface area (Å²) in [7, 11) is 1.84. The SMILES string of the molecule is Cl.Cl.Cn1cc(N)c(-c2ccccn2)n1. The zero-order valence-corrected chi connectivity index (χ0v) is 9.76. The summed E-state index contributed by atoms with van der Waals surface area (Å²) in [6, 6.07) is 5.66. The maximum absolute atomic E-state index is 5.75. The van der Waals surface area contributed by atoms with Crippen LogP contribution in [0.4, 0.5) is 5.69 Å². The van der Waals surface area contributed by atoms with Crippen molar-refractivity contribution < 1.29 is 0 Å². The number of pyridine rings is 1. The first-order valence-electron chi connectivity index (χ1n) is 3.98. The molecule has 2 rings (SSSR count). The molecule has 0 fully saturated rings. The number of hydrogen-bond donors (Lipinski definition) is 1. The van der Waals surface area contributed by atoms with Gasteiger partial charge in [-0.2, -0.15) is 5.10 Å². The predicted molar refractivity (Wildman–Crippen MR) is 65.3 cm³/mol. The van der Waals surface area contributed by atoms with Crippen LogP contribution >= 0.6 is 24.8 Å². The lowest BCUT2D eigenvalue weighted by Gasteiger charge is -1.94. The summed E-state index contributed by atoms with van der Waals surface area (Å²) < 4.78 is 1.68. The zero-order chi connectivity index (χ0) is 9.26. The van der Waals surface area contributed by atoms with Crippen molar-refractivity contribution in [2.24, 2.45) is 7.05 Å². The Morgan fingerprint density at radius 1 is 1.27 bits per heavy atom. The van der Waals surface area contributed by atoms with Crippen LogP contribution in [0.1, 0.15) is 0 Å². The molecule has 2 aromatic rings. The standard InChI is InChI=1S/C9H10N4.2ClH/c1-13-6-7(10)9(12-13)8-4-2-3-5-11-8;;/h2-6H,10H2,1H3;2*1H. The number of nitrogens with two attached hydrogens (primary N) is 1. The molecule has 0 aliphatic rings. The van der Waals surface area contributed by atoms with E-state index in [1.165, 1.54) is 0 Å². The third kappa shape index (κ3) is 2.84. The third-order valence-corrected chi connectivity index (χ3v) is 1.76. The van der Waals surface area contributed by atoms with Crippen LogP contribution in [0.2, 0.25) is 0 Å². The minimum atomic E-state index is 0. The van der Waals surface area contributed by atoms with Crippen LogP contribution < -0.4 is 5.73 Å². The fraction of sp³-hybridized carbons (Fsp3) is 0.111. The molecule has 0 radical (unpaired) electrons. The van der Waals surface area contributed by atoms with Gasteiger partial charge < -0.3 is 5.73 Å². The van der Waals surface area contributed by atoms with Gasteiger partial charge in [0.1, 0.15) is 5.69 Å². The third-order valence-electron chi connectivity index (χ3n) is 1.76. The number of rotatable bonds is 1. The summed E-state index contributed by atoms with van der Waals surface area (Å²) in [4.78, 5) is 4.17. The van der Waals surface area contributed by atoms with Gasteiger partial charge in [-0.1, -0.05) is 6.07 Å². The largest absolute Gasteiger partial charge is 0.396 e. The second kappa shape index (κ2) is 5.58. The normalized spacial score (nSPS) is 8.87. The highest BCUT2D eigenvalue weighted by atomic mass is 35.5. The Morgan fingerprint density at radius 2 is 2.00 bits per heavy atom. The molecule has 0 aliphatic carbocycles. The van der Waals surface area contributed by atoms with Crippen molar-refractivity contribution >= 4 is 30.5 Å². The number of hydrogen-bond acceptors (Lipinski definition) is 3. The molecule has 2 aromatic heterocycles. The van der Waals surface area contributed by atoms with Gasteiger partial charge in [0.25, 0.3) is 0 Å². The monoisotopic (exact) mass is 246 g/mol. The fourth-order valence-electron chi connectivity index (χ4n) is 1.21. The van der Waals surface area contributed by atoms with Gasteiger partial charge in [0.05, 0.1) is 11.4 Å². The number of aromatic nitrogens is 3. The quantitative estimate of drug-likeness (QED) is 0.837. The molecule has 0 unspecified atom stereocenters. The van der Waals surface area contributed by atoms with Crippen molar-refractivity contribution in [3.8, 4) is 11.4 Å². The smallest absolute Gasteiger partial charge is 0.134 e. The number of nitrogen functional groups attached to an aromatic ring is 1. The molecule has 0 saturated carbocycles. The lowest BCUT2D eigenvalue weighted by molar-refractivity contribution is 0.770. The Kier molecular flexibility index (Phi) is 5.11. The molecule has 2 N–H and O–H groups in total. The van der Waals surface area contributed by atoms with Crippen molar-refractivity contribution in [3.63, 3.8) is 0 Å². The molecule has 6 heteroatoms. The first-order valence-corrected chi connectivity index (χ1v) is 3.98. The molecule has 15 heavy (non-hydrogen) atoms. The van der Waals surface area contributed by atoms with Crippen LogP contribution in [0.3, 0.4) is 0 Å². The van der Waals surface area contributed by atoms with Crippen molar-refractivity contribution in [3.05, 3.63) is 30.6 Å². The molecule has 0 aliphatic heterocycles. The van der Waals surface area contributed by atoms with Crippen LogP contribution in [0.15, 0.2) is 30.6 Å². The average molecular weight is 247 g/mol. The first kappa shape index (κ1) is 13.7. The van der Waals surface area contributed by atoms with Gasteiger partial charge in [0.15, 0.2) is 0 Å². The minimum Gasteiger partial charge on any atom is -0.396 e. The number of halogens is 2. The lowest BCUT2D eigenvalue weighted by Crippen LogP contribution is -1.90. The van der Waals surface area contributed by atoms with E-state index in [9.17, 15) is 0 Å². The van der Waals surface area contributed by atoms with E-state index in [-0.39, 0.29) is 24.8 Å². The summed E-state index contributed by atoms with van der Waals surface area (Å²) >= 11 is 0. The maximum atomic E-state index is 5.75. The molecule has 82 valence electrons. The van der Waals surface area contributed by atoms with E-state index >= 15 is 0 Å². The minimum absolute atomic E-state index is 0. The molecule has 0 atom stereocenters. The summed E-state index contributed by atoms with van der Waals surface area (Å²) in [5.41, 5.74) is 7.95. The van der Waals surface area contributed by atoms with Crippen LogP contribution in [-0.4, -0.2) is 14.8 Å². The summed E-state index contributed by atoms with van der Waals surface area (Å²) in [5.74, 6) is 0. The Morgan fingerprint density at radius 3 is 2.47 bits per heavy atom. The van der Waals surface area contributed by atoms with Gasteiger partial charge >= 0.3 is 0 Å². The predicted octanol–water partition coefficient (Wildman–Crippen LogP) is 1.91. The number of nitrogens with zero attached hydrogens (tertiary/aromatic N) is 3. The summed E-state index contributed by atoms with van der Waals surface area (Å²) in [6.07, 6.45) is 3.49. The molecule has 0 aromatic carbocycles. The topological polar surface area (TPSA) is 56.7 Å². The Hall–Kier alpha value is -1.26. The lowest BCUT2D eigenvalue weighted by atomic mass is 10.2. The van der Waals surface area contributed by atoms with E-state index in [4.69, 9.17) is 5.73 Å².